The Labute approximate surface area is 118 Å². The molecule has 1 aromatic carbocycles. The summed E-state index contributed by atoms with van der Waals surface area (Å²) in [6, 6.07) is 7.78. The van der Waals surface area contributed by atoms with E-state index < -0.39 is 0 Å². The van der Waals surface area contributed by atoms with Gasteiger partial charge in [0.05, 0.1) is 10.9 Å². The maximum absolute atomic E-state index is 12.0. The van der Waals surface area contributed by atoms with Crippen LogP contribution in [-0.4, -0.2) is 40.5 Å². The highest BCUT2D eigenvalue weighted by molar-refractivity contribution is 5.78. The first-order valence-corrected chi connectivity index (χ1v) is 7.24. The summed E-state index contributed by atoms with van der Waals surface area (Å²) in [4.78, 5) is 21.8. The first kappa shape index (κ1) is 13.1. The largest absolute Gasteiger partial charge is 0.352 e. The third-order valence-corrected chi connectivity index (χ3v) is 3.91. The van der Waals surface area contributed by atoms with E-state index in [-0.39, 0.29) is 5.56 Å². The van der Waals surface area contributed by atoms with Gasteiger partial charge in [0.2, 0.25) is 5.95 Å². The highest BCUT2D eigenvalue weighted by Crippen LogP contribution is 2.14. The first-order chi connectivity index (χ1) is 9.76. The van der Waals surface area contributed by atoms with Gasteiger partial charge in [-0.05, 0) is 38.1 Å². The third kappa shape index (κ3) is 2.67. The zero-order chi connectivity index (χ0) is 13.9. The molecule has 5 heteroatoms. The molecule has 1 saturated heterocycles. The van der Waals surface area contributed by atoms with Crippen LogP contribution in [0.3, 0.4) is 0 Å². The van der Waals surface area contributed by atoms with Crippen molar-refractivity contribution in [1.82, 2.24) is 14.9 Å². The summed E-state index contributed by atoms with van der Waals surface area (Å²) in [5.41, 5.74) is 0.656. The summed E-state index contributed by atoms with van der Waals surface area (Å²) in [7, 11) is 0. The van der Waals surface area contributed by atoms with Crippen molar-refractivity contribution >= 4 is 16.9 Å². The lowest BCUT2D eigenvalue weighted by Crippen LogP contribution is -2.42. The quantitative estimate of drug-likeness (QED) is 0.894. The second-order valence-corrected chi connectivity index (χ2v) is 5.31. The van der Waals surface area contributed by atoms with Crippen molar-refractivity contribution in [2.45, 2.75) is 25.8 Å². The number of H-pyrrole nitrogens is 1. The minimum Gasteiger partial charge on any atom is -0.352 e. The van der Waals surface area contributed by atoms with Gasteiger partial charge in [-0.15, -0.1) is 0 Å². The van der Waals surface area contributed by atoms with Crippen molar-refractivity contribution in [3.63, 3.8) is 0 Å². The average Bonchev–Trinajstić information content (AvgIpc) is 2.47. The van der Waals surface area contributed by atoms with Crippen LogP contribution in [0.1, 0.15) is 19.8 Å². The summed E-state index contributed by atoms with van der Waals surface area (Å²) in [5, 5.41) is 4.01. The molecule has 2 N–H and O–H groups in total. The van der Waals surface area contributed by atoms with Gasteiger partial charge in [0.15, 0.2) is 0 Å². The van der Waals surface area contributed by atoms with E-state index in [1.54, 1.807) is 6.07 Å². The Hall–Kier alpha value is -1.88. The first-order valence-electron chi connectivity index (χ1n) is 7.24. The number of nitrogens with one attached hydrogen (secondary N) is 2. The predicted octanol–water partition coefficient (Wildman–Crippen LogP) is 1.82. The molecule has 106 valence electrons. The fraction of sp³-hybridized carbons (Fsp3) is 0.467. The summed E-state index contributed by atoms with van der Waals surface area (Å²) in [6.07, 6.45) is 2.30. The van der Waals surface area contributed by atoms with Crippen molar-refractivity contribution in [3.8, 4) is 0 Å². The molecule has 1 aromatic heterocycles. The Morgan fingerprint density at radius 3 is 3.15 bits per heavy atom. The normalized spacial score (nSPS) is 20.1. The number of likely N-dealkylation sites (N-methyl/N-ethyl adjacent to an activating group) is 1. The van der Waals surface area contributed by atoms with Gasteiger partial charge >= 0.3 is 0 Å². The molecule has 0 aliphatic carbocycles. The standard InChI is InChI=1S/C15H20N4O/c1-2-19-9-5-6-11(10-19)16-15-17-13-8-4-3-7-12(13)14(20)18-15/h3-4,7-8,11H,2,5-6,9-10H2,1H3,(H2,16,17,18,20)/t11-/m1/s1. The van der Waals surface area contributed by atoms with Gasteiger partial charge in [-0.2, -0.15) is 0 Å². The van der Waals surface area contributed by atoms with Crippen LogP contribution in [0.25, 0.3) is 10.9 Å². The van der Waals surface area contributed by atoms with Gasteiger partial charge in [-0.25, -0.2) is 4.98 Å². The molecule has 0 saturated carbocycles. The number of para-hydroxylation sites is 1. The number of hydrogen-bond donors (Lipinski definition) is 2. The van der Waals surface area contributed by atoms with E-state index in [0.717, 1.165) is 31.6 Å². The number of likely N-dealkylation sites (tertiary alicyclic amines) is 1. The lowest BCUT2D eigenvalue weighted by molar-refractivity contribution is 0.226. The molecular weight excluding hydrogens is 252 g/mol. The Balaban J connectivity index is 1.82. The number of piperidine rings is 1. The fourth-order valence-corrected chi connectivity index (χ4v) is 2.81. The van der Waals surface area contributed by atoms with E-state index in [0.29, 0.717) is 17.4 Å². The summed E-state index contributed by atoms with van der Waals surface area (Å²) in [5.74, 6) is 0.580. The van der Waals surface area contributed by atoms with Crippen LogP contribution in [0.5, 0.6) is 0 Å². The smallest absolute Gasteiger partial charge is 0.260 e. The fourth-order valence-electron chi connectivity index (χ4n) is 2.81. The van der Waals surface area contributed by atoms with Gasteiger partial charge in [0, 0.05) is 12.6 Å². The lowest BCUT2D eigenvalue weighted by Gasteiger charge is -2.32. The molecule has 3 rings (SSSR count). The van der Waals surface area contributed by atoms with E-state index in [1.807, 2.05) is 18.2 Å². The molecule has 0 spiro atoms. The maximum Gasteiger partial charge on any atom is 0.260 e. The predicted molar refractivity (Wildman–Crippen MR) is 81.1 cm³/mol. The van der Waals surface area contributed by atoms with Crippen LogP contribution < -0.4 is 10.9 Å². The Morgan fingerprint density at radius 1 is 1.45 bits per heavy atom. The number of rotatable bonds is 3. The summed E-state index contributed by atoms with van der Waals surface area (Å²) in [6.45, 7) is 5.42. The van der Waals surface area contributed by atoms with Gasteiger partial charge in [-0.1, -0.05) is 19.1 Å². The Bertz CT molecular complexity index is 652. The molecule has 2 heterocycles. The van der Waals surface area contributed by atoms with Crippen molar-refractivity contribution in [2.75, 3.05) is 25.0 Å². The van der Waals surface area contributed by atoms with Gasteiger partial charge in [0.25, 0.3) is 5.56 Å². The van der Waals surface area contributed by atoms with Crippen LogP contribution in [0.15, 0.2) is 29.1 Å². The van der Waals surface area contributed by atoms with E-state index in [9.17, 15) is 4.79 Å². The molecule has 0 amide bonds. The third-order valence-electron chi connectivity index (χ3n) is 3.91. The zero-order valence-electron chi connectivity index (χ0n) is 11.7. The van der Waals surface area contributed by atoms with Gasteiger partial charge < -0.3 is 10.2 Å². The minimum atomic E-state index is -0.0822. The number of aromatic amines is 1. The molecule has 1 fully saturated rings. The minimum absolute atomic E-state index is 0.0822. The van der Waals surface area contributed by atoms with E-state index in [2.05, 4.69) is 27.1 Å². The molecule has 1 aliphatic heterocycles. The Morgan fingerprint density at radius 2 is 2.30 bits per heavy atom. The molecule has 5 nitrogen and oxygen atoms in total. The molecule has 0 unspecified atom stereocenters. The Kier molecular flexibility index (Phi) is 3.69. The van der Waals surface area contributed by atoms with Crippen LogP contribution >= 0.6 is 0 Å². The van der Waals surface area contributed by atoms with Gasteiger partial charge in [-0.3, -0.25) is 9.78 Å². The van der Waals surface area contributed by atoms with Crippen LogP contribution in [-0.2, 0) is 0 Å². The zero-order valence-corrected chi connectivity index (χ0v) is 11.7. The number of anilines is 1. The maximum atomic E-state index is 12.0. The summed E-state index contributed by atoms with van der Waals surface area (Å²) < 4.78 is 0. The van der Waals surface area contributed by atoms with Crippen molar-refractivity contribution in [1.29, 1.82) is 0 Å². The highest BCUT2D eigenvalue weighted by atomic mass is 16.1. The average molecular weight is 272 g/mol. The number of fused-ring (bicyclic) bond motifs is 1. The molecule has 1 atom stereocenters. The molecule has 0 bridgehead atoms. The molecule has 1 aliphatic rings. The van der Waals surface area contributed by atoms with Gasteiger partial charge in [0.1, 0.15) is 0 Å². The number of nitrogens with zero attached hydrogens (tertiary/aromatic N) is 2. The number of hydrogen-bond acceptors (Lipinski definition) is 4. The molecule has 20 heavy (non-hydrogen) atoms. The highest BCUT2D eigenvalue weighted by Gasteiger charge is 2.19. The van der Waals surface area contributed by atoms with Crippen molar-refractivity contribution < 1.29 is 0 Å². The molecule has 2 aromatic rings. The number of aromatic nitrogens is 2. The monoisotopic (exact) mass is 272 g/mol. The van der Waals surface area contributed by atoms with Crippen LogP contribution in [0.4, 0.5) is 5.95 Å². The lowest BCUT2D eigenvalue weighted by atomic mass is 10.1. The van der Waals surface area contributed by atoms with Crippen molar-refractivity contribution in [3.05, 3.63) is 34.6 Å². The second-order valence-electron chi connectivity index (χ2n) is 5.31. The topological polar surface area (TPSA) is 61.0 Å². The van der Waals surface area contributed by atoms with Crippen LogP contribution in [0.2, 0.25) is 0 Å². The second kappa shape index (κ2) is 5.63. The SMILES string of the molecule is CCN1CCC[C@@H](Nc2nc3ccccc3c(=O)[nH]2)C1. The van der Waals surface area contributed by atoms with Crippen LogP contribution in [0, 0.1) is 0 Å². The molecular formula is C15H20N4O. The number of benzene rings is 1. The molecule has 0 radical (unpaired) electrons. The van der Waals surface area contributed by atoms with Crippen molar-refractivity contribution in [2.24, 2.45) is 0 Å². The summed E-state index contributed by atoms with van der Waals surface area (Å²) >= 11 is 0. The van der Waals surface area contributed by atoms with E-state index >= 15 is 0 Å². The van der Waals surface area contributed by atoms with E-state index in [4.69, 9.17) is 0 Å². The van der Waals surface area contributed by atoms with E-state index in [1.165, 1.54) is 6.42 Å².